The number of nitrogens with zero attached hydrogens (tertiary/aromatic N) is 2. The van der Waals surface area contributed by atoms with Crippen molar-refractivity contribution in [2.75, 3.05) is 0 Å². The molecule has 0 bridgehead atoms. The maximum absolute atomic E-state index is 12.4. The van der Waals surface area contributed by atoms with Crippen LogP contribution in [0.3, 0.4) is 0 Å². The molecule has 0 saturated carbocycles. The molecule has 2 heterocycles. The Kier molecular flexibility index (Phi) is 4.60. The largest absolute Gasteiger partial charge is 0.370 e. The predicted molar refractivity (Wildman–Crippen MR) is 105 cm³/mol. The van der Waals surface area contributed by atoms with E-state index < -0.39 is 5.91 Å². The standard InChI is InChI=1S/C19H15N5O.ClH/c20-19(21)23-18(25)14-11-24(16-8-4-2-5-12(14)16)17-9-10-22-15-7-3-1-6-13(15)17;/h1-11H,(H4,20,21,23,25);1H. The molecule has 0 fully saturated rings. The number of nitrogens with two attached hydrogens (primary N) is 1. The van der Waals surface area contributed by atoms with E-state index in [0.717, 1.165) is 27.5 Å². The average molecular weight is 366 g/mol. The molecule has 0 atom stereocenters. The van der Waals surface area contributed by atoms with Gasteiger partial charge in [0.05, 0.1) is 22.3 Å². The van der Waals surface area contributed by atoms with Crippen LogP contribution in [0.4, 0.5) is 0 Å². The molecule has 0 radical (unpaired) electrons. The highest BCUT2D eigenvalue weighted by Gasteiger charge is 2.17. The van der Waals surface area contributed by atoms with E-state index in [1.54, 1.807) is 12.4 Å². The minimum atomic E-state index is -0.402. The van der Waals surface area contributed by atoms with Crippen LogP contribution in [0.5, 0.6) is 0 Å². The number of hydrogen-bond donors (Lipinski definition) is 3. The molecule has 7 heteroatoms. The number of benzene rings is 2. The molecule has 0 spiro atoms. The molecule has 0 aliphatic carbocycles. The Balaban J connectivity index is 0.00000196. The molecule has 6 nitrogen and oxygen atoms in total. The number of aromatic nitrogens is 2. The quantitative estimate of drug-likeness (QED) is 0.376. The number of para-hydroxylation sites is 2. The molecule has 4 aromatic rings. The number of fused-ring (bicyclic) bond motifs is 2. The van der Waals surface area contributed by atoms with Crippen LogP contribution in [0.25, 0.3) is 27.5 Å². The third-order valence-corrected chi connectivity index (χ3v) is 4.09. The minimum absolute atomic E-state index is 0. The summed E-state index contributed by atoms with van der Waals surface area (Å²) in [5.41, 5.74) is 8.48. The fourth-order valence-corrected chi connectivity index (χ4v) is 3.04. The van der Waals surface area contributed by atoms with Crippen molar-refractivity contribution in [1.29, 1.82) is 5.41 Å². The van der Waals surface area contributed by atoms with Crippen molar-refractivity contribution in [1.82, 2.24) is 14.9 Å². The van der Waals surface area contributed by atoms with Gasteiger partial charge in [-0.15, -0.1) is 12.4 Å². The topological polar surface area (TPSA) is 96.8 Å². The third-order valence-electron chi connectivity index (χ3n) is 4.09. The van der Waals surface area contributed by atoms with Gasteiger partial charge in [0.15, 0.2) is 5.96 Å². The number of pyridine rings is 1. The van der Waals surface area contributed by atoms with Gasteiger partial charge in [-0.05, 0) is 18.2 Å². The number of carbonyl (C=O) groups is 1. The maximum atomic E-state index is 12.4. The number of rotatable bonds is 2. The Hall–Kier alpha value is -3.38. The van der Waals surface area contributed by atoms with Gasteiger partial charge in [-0.3, -0.25) is 20.5 Å². The lowest BCUT2D eigenvalue weighted by atomic mass is 10.1. The Bertz CT molecular complexity index is 1130. The average Bonchev–Trinajstić information content (AvgIpc) is 3.00. The highest BCUT2D eigenvalue weighted by Crippen LogP contribution is 2.28. The van der Waals surface area contributed by atoms with Gasteiger partial charge in [0, 0.05) is 23.2 Å². The summed E-state index contributed by atoms with van der Waals surface area (Å²) in [6.45, 7) is 0. The number of hydrogen-bond acceptors (Lipinski definition) is 3. The molecule has 0 aliphatic heterocycles. The zero-order valence-electron chi connectivity index (χ0n) is 13.6. The molecule has 130 valence electrons. The normalized spacial score (nSPS) is 10.5. The number of nitrogens with one attached hydrogen (secondary N) is 2. The van der Waals surface area contributed by atoms with Crippen LogP contribution in [-0.2, 0) is 0 Å². The lowest BCUT2D eigenvalue weighted by Gasteiger charge is -2.08. The molecule has 2 aromatic carbocycles. The van der Waals surface area contributed by atoms with Crippen LogP contribution in [0.15, 0.2) is 67.0 Å². The zero-order chi connectivity index (χ0) is 17.4. The van der Waals surface area contributed by atoms with Crippen molar-refractivity contribution in [2.45, 2.75) is 0 Å². The van der Waals surface area contributed by atoms with Gasteiger partial charge >= 0.3 is 0 Å². The van der Waals surface area contributed by atoms with Crippen LogP contribution < -0.4 is 11.1 Å². The van der Waals surface area contributed by atoms with E-state index in [2.05, 4.69) is 10.3 Å². The molecule has 2 aromatic heterocycles. The van der Waals surface area contributed by atoms with Crippen molar-refractivity contribution in [3.8, 4) is 5.69 Å². The molecule has 1 amide bonds. The van der Waals surface area contributed by atoms with Gasteiger partial charge in [0.1, 0.15) is 0 Å². The minimum Gasteiger partial charge on any atom is -0.370 e. The van der Waals surface area contributed by atoms with Crippen molar-refractivity contribution in [3.05, 3.63) is 72.6 Å². The van der Waals surface area contributed by atoms with Crippen molar-refractivity contribution < 1.29 is 4.79 Å². The van der Waals surface area contributed by atoms with Crippen LogP contribution in [0.2, 0.25) is 0 Å². The summed E-state index contributed by atoms with van der Waals surface area (Å²) >= 11 is 0. The van der Waals surface area contributed by atoms with E-state index in [-0.39, 0.29) is 18.4 Å². The summed E-state index contributed by atoms with van der Waals surface area (Å²) in [7, 11) is 0. The van der Waals surface area contributed by atoms with E-state index in [0.29, 0.717) is 5.56 Å². The second-order valence-electron chi connectivity index (χ2n) is 5.64. The summed E-state index contributed by atoms with van der Waals surface area (Å²) in [6.07, 6.45) is 3.52. The van der Waals surface area contributed by atoms with E-state index in [4.69, 9.17) is 11.1 Å². The highest BCUT2D eigenvalue weighted by molar-refractivity contribution is 6.12. The predicted octanol–water partition coefficient (Wildman–Crippen LogP) is 3.22. The van der Waals surface area contributed by atoms with E-state index in [1.165, 1.54) is 0 Å². The Morgan fingerprint density at radius 3 is 2.50 bits per heavy atom. The Labute approximate surface area is 155 Å². The summed E-state index contributed by atoms with van der Waals surface area (Å²) in [5, 5.41) is 11.4. The summed E-state index contributed by atoms with van der Waals surface area (Å²) in [6, 6.07) is 17.4. The number of carbonyl (C=O) groups excluding carboxylic acids is 1. The Morgan fingerprint density at radius 2 is 1.73 bits per heavy atom. The highest BCUT2D eigenvalue weighted by atomic mass is 35.5. The van der Waals surface area contributed by atoms with Crippen LogP contribution in [-0.4, -0.2) is 21.4 Å². The van der Waals surface area contributed by atoms with Gasteiger partial charge in [0.25, 0.3) is 5.91 Å². The van der Waals surface area contributed by atoms with Crippen LogP contribution >= 0.6 is 12.4 Å². The van der Waals surface area contributed by atoms with Gasteiger partial charge in [0.2, 0.25) is 0 Å². The van der Waals surface area contributed by atoms with Crippen LogP contribution in [0, 0.1) is 5.41 Å². The first-order chi connectivity index (χ1) is 12.1. The molecule has 26 heavy (non-hydrogen) atoms. The summed E-state index contributed by atoms with van der Waals surface area (Å²) in [4.78, 5) is 16.8. The summed E-state index contributed by atoms with van der Waals surface area (Å²) in [5.74, 6) is -0.781. The number of guanidine groups is 1. The van der Waals surface area contributed by atoms with Gasteiger partial charge < -0.3 is 10.3 Å². The van der Waals surface area contributed by atoms with Gasteiger partial charge in [-0.1, -0.05) is 36.4 Å². The molecule has 0 saturated heterocycles. The fraction of sp³-hybridized carbons (Fsp3) is 0. The molecule has 4 N–H and O–H groups in total. The lowest BCUT2D eigenvalue weighted by molar-refractivity contribution is 0.0978. The maximum Gasteiger partial charge on any atom is 0.260 e. The van der Waals surface area contributed by atoms with E-state index >= 15 is 0 Å². The van der Waals surface area contributed by atoms with E-state index in [9.17, 15) is 4.79 Å². The molecule has 4 rings (SSSR count). The fourth-order valence-electron chi connectivity index (χ4n) is 3.04. The Morgan fingerprint density at radius 1 is 1.04 bits per heavy atom. The van der Waals surface area contributed by atoms with Crippen molar-refractivity contribution in [3.63, 3.8) is 0 Å². The first-order valence-corrected chi connectivity index (χ1v) is 7.75. The zero-order valence-corrected chi connectivity index (χ0v) is 14.5. The smallest absolute Gasteiger partial charge is 0.260 e. The first kappa shape index (κ1) is 17.4. The molecule has 0 unspecified atom stereocenters. The van der Waals surface area contributed by atoms with Gasteiger partial charge in [-0.25, -0.2) is 0 Å². The summed E-state index contributed by atoms with van der Waals surface area (Å²) < 4.78 is 1.97. The van der Waals surface area contributed by atoms with E-state index in [1.807, 2.05) is 59.2 Å². The number of halogens is 1. The number of amides is 1. The molecule has 0 aliphatic rings. The lowest BCUT2D eigenvalue weighted by Crippen LogP contribution is -2.35. The van der Waals surface area contributed by atoms with Crippen molar-refractivity contribution in [2.24, 2.45) is 5.73 Å². The molecular weight excluding hydrogens is 350 g/mol. The second kappa shape index (κ2) is 6.85. The van der Waals surface area contributed by atoms with Crippen molar-refractivity contribution >= 4 is 46.1 Å². The van der Waals surface area contributed by atoms with Crippen LogP contribution in [0.1, 0.15) is 10.4 Å². The third kappa shape index (κ3) is 2.87. The second-order valence-corrected chi connectivity index (χ2v) is 5.64. The first-order valence-electron chi connectivity index (χ1n) is 7.75. The monoisotopic (exact) mass is 365 g/mol. The SMILES string of the molecule is Cl.N=C(N)NC(=O)c1cn(-c2ccnc3ccccc23)c2ccccc12. The molecular formula is C19H16ClN5O. The van der Waals surface area contributed by atoms with Gasteiger partial charge in [-0.2, -0.15) is 0 Å².